The molecule has 0 bridgehead atoms. The third-order valence-electron chi connectivity index (χ3n) is 4.26. The third-order valence-corrected chi connectivity index (χ3v) is 4.26. The Morgan fingerprint density at radius 3 is 2.61 bits per heavy atom. The van der Waals surface area contributed by atoms with Gasteiger partial charge in [-0.2, -0.15) is 0 Å². The molecule has 1 aliphatic rings. The van der Waals surface area contributed by atoms with E-state index < -0.39 is 5.60 Å². The molecule has 5 nitrogen and oxygen atoms in total. The minimum atomic E-state index is -0.436. The second-order valence-electron chi connectivity index (χ2n) is 7.69. The number of piperidine rings is 1. The van der Waals surface area contributed by atoms with Crippen LogP contribution in [0, 0.1) is 0 Å². The molecule has 0 saturated carbocycles. The van der Waals surface area contributed by atoms with Crippen molar-refractivity contribution < 1.29 is 14.3 Å². The number of amides is 1. The standard InChI is InChI=1S/C18H36N2O3/c1-7-15(13-22-6)19-14(2)12-16-10-8-9-11-20(16)17(21)23-18(3,4)5/h14-16,19H,7-13H2,1-6H3. The topological polar surface area (TPSA) is 50.8 Å². The summed E-state index contributed by atoms with van der Waals surface area (Å²) in [5.41, 5.74) is -0.436. The van der Waals surface area contributed by atoms with Crippen molar-refractivity contribution in [3.63, 3.8) is 0 Å². The molecule has 1 rings (SSSR count). The summed E-state index contributed by atoms with van der Waals surface area (Å²) in [4.78, 5) is 14.4. The van der Waals surface area contributed by atoms with Gasteiger partial charge in [-0.25, -0.2) is 4.79 Å². The van der Waals surface area contributed by atoms with Crippen molar-refractivity contribution in [3.8, 4) is 0 Å². The van der Waals surface area contributed by atoms with Crippen LogP contribution in [-0.2, 0) is 9.47 Å². The molecule has 0 aromatic rings. The molecule has 23 heavy (non-hydrogen) atoms. The lowest BCUT2D eigenvalue weighted by atomic mass is 9.96. The summed E-state index contributed by atoms with van der Waals surface area (Å²) in [5.74, 6) is 0. The summed E-state index contributed by atoms with van der Waals surface area (Å²) in [6.07, 6.45) is 5.15. The van der Waals surface area contributed by atoms with Gasteiger partial charge in [-0.05, 0) is 59.8 Å². The molecule has 0 spiro atoms. The third kappa shape index (κ3) is 7.53. The molecule has 1 saturated heterocycles. The number of rotatable bonds is 7. The van der Waals surface area contributed by atoms with Gasteiger partial charge in [0.25, 0.3) is 0 Å². The maximum absolute atomic E-state index is 12.4. The van der Waals surface area contributed by atoms with Crippen molar-refractivity contribution in [1.29, 1.82) is 0 Å². The van der Waals surface area contributed by atoms with E-state index in [4.69, 9.17) is 9.47 Å². The van der Waals surface area contributed by atoms with Crippen molar-refractivity contribution in [2.45, 2.75) is 90.4 Å². The lowest BCUT2D eigenvalue weighted by Gasteiger charge is -2.38. The zero-order valence-corrected chi connectivity index (χ0v) is 15.9. The second-order valence-corrected chi connectivity index (χ2v) is 7.69. The maximum atomic E-state index is 12.4. The highest BCUT2D eigenvalue weighted by Crippen LogP contribution is 2.23. The minimum absolute atomic E-state index is 0.168. The molecule has 136 valence electrons. The molecule has 1 amide bonds. The van der Waals surface area contributed by atoms with E-state index in [1.54, 1.807) is 7.11 Å². The Morgan fingerprint density at radius 1 is 1.35 bits per heavy atom. The highest BCUT2D eigenvalue weighted by Gasteiger charge is 2.31. The van der Waals surface area contributed by atoms with Gasteiger partial charge in [0.05, 0.1) is 6.61 Å². The van der Waals surface area contributed by atoms with Crippen molar-refractivity contribution in [3.05, 3.63) is 0 Å². The van der Waals surface area contributed by atoms with Gasteiger partial charge in [-0.3, -0.25) is 0 Å². The first kappa shape index (κ1) is 20.2. The Kier molecular flexibility index (Phi) is 8.34. The molecule has 5 heteroatoms. The lowest BCUT2D eigenvalue weighted by molar-refractivity contribution is 0.00760. The van der Waals surface area contributed by atoms with Crippen LogP contribution in [0.3, 0.4) is 0 Å². The van der Waals surface area contributed by atoms with Crippen LogP contribution in [0.15, 0.2) is 0 Å². The van der Waals surface area contributed by atoms with Crippen LogP contribution in [0.2, 0.25) is 0 Å². The predicted octanol–water partition coefficient (Wildman–Crippen LogP) is 3.57. The first-order valence-electron chi connectivity index (χ1n) is 9.01. The summed E-state index contributed by atoms with van der Waals surface area (Å²) < 4.78 is 10.8. The number of nitrogens with zero attached hydrogens (tertiary/aromatic N) is 1. The number of nitrogens with one attached hydrogen (secondary N) is 1. The Hall–Kier alpha value is -0.810. The van der Waals surface area contributed by atoms with Gasteiger partial charge < -0.3 is 19.7 Å². The molecule has 0 radical (unpaired) electrons. The van der Waals surface area contributed by atoms with Crippen molar-refractivity contribution in [1.82, 2.24) is 10.2 Å². The minimum Gasteiger partial charge on any atom is -0.444 e. The van der Waals surface area contributed by atoms with Gasteiger partial charge in [0, 0.05) is 31.8 Å². The molecule has 0 aromatic heterocycles. The number of ether oxygens (including phenoxy) is 2. The van der Waals surface area contributed by atoms with E-state index >= 15 is 0 Å². The van der Waals surface area contributed by atoms with Gasteiger partial charge in [0.2, 0.25) is 0 Å². The molecular weight excluding hydrogens is 292 g/mol. The average molecular weight is 328 g/mol. The quantitative estimate of drug-likeness (QED) is 0.776. The van der Waals surface area contributed by atoms with E-state index in [1.165, 1.54) is 6.42 Å². The smallest absolute Gasteiger partial charge is 0.410 e. The second kappa shape index (κ2) is 9.48. The normalized spacial score (nSPS) is 21.8. The van der Waals surface area contributed by atoms with Gasteiger partial charge >= 0.3 is 6.09 Å². The number of hydrogen-bond donors (Lipinski definition) is 1. The highest BCUT2D eigenvalue weighted by molar-refractivity contribution is 5.68. The Bertz CT molecular complexity index is 355. The Morgan fingerprint density at radius 2 is 2.04 bits per heavy atom. The van der Waals surface area contributed by atoms with Crippen LogP contribution in [-0.4, -0.2) is 55.0 Å². The summed E-state index contributed by atoms with van der Waals surface area (Å²) in [6, 6.07) is 0.984. The van der Waals surface area contributed by atoms with E-state index in [-0.39, 0.29) is 12.1 Å². The van der Waals surface area contributed by atoms with E-state index in [2.05, 4.69) is 19.2 Å². The maximum Gasteiger partial charge on any atom is 0.410 e. The van der Waals surface area contributed by atoms with Crippen LogP contribution >= 0.6 is 0 Å². The molecule has 1 N–H and O–H groups in total. The molecule has 1 heterocycles. The molecular formula is C18H36N2O3. The fourth-order valence-corrected chi connectivity index (χ4v) is 3.17. The molecule has 1 aliphatic heterocycles. The highest BCUT2D eigenvalue weighted by atomic mass is 16.6. The summed E-state index contributed by atoms with van der Waals surface area (Å²) in [7, 11) is 1.74. The average Bonchev–Trinajstić information content (AvgIpc) is 2.45. The van der Waals surface area contributed by atoms with Crippen LogP contribution in [0.1, 0.15) is 66.7 Å². The number of likely N-dealkylation sites (tertiary alicyclic amines) is 1. The predicted molar refractivity (Wildman–Crippen MR) is 93.7 cm³/mol. The van der Waals surface area contributed by atoms with Crippen LogP contribution in [0.5, 0.6) is 0 Å². The van der Waals surface area contributed by atoms with Crippen molar-refractivity contribution in [2.75, 3.05) is 20.3 Å². The molecule has 3 atom stereocenters. The van der Waals surface area contributed by atoms with E-state index in [1.807, 2.05) is 25.7 Å². The van der Waals surface area contributed by atoms with Gasteiger partial charge in [-0.1, -0.05) is 6.92 Å². The first-order valence-corrected chi connectivity index (χ1v) is 9.01. The van der Waals surface area contributed by atoms with Crippen LogP contribution < -0.4 is 5.32 Å². The van der Waals surface area contributed by atoms with Gasteiger partial charge in [0.1, 0.15) is 5.60 Å². The number of carbonyl (C=O) groups is 1. The van der Waals surface area contributed by atoms with Crippen LogP contribution in [0.4, 0.5) is 4.79 Å². The molecule has 1 fully saturated rings. The molecule has 0 aromatic carbocycles. The summed E-state index contributed by atoms with van der Waals surface area (Å²) >= 11 is 0. The Labute approximate surface area is 142 Å². The van der Waals surface area contributed by atoms with E-state index in [0.29, 0.717) is 12.1 Å². The van der Waals surface area contributed by atoms with E-state index in [0.717, 1.165) is 38.8 Å². The largest absolute Gasteiger partial charge is 0.444 e. The zero-order valence-electron chi connectivity index (χ0n) is 15.9. The fraction of sp³-hybridized carbons (Fsp3) is 0.944. The van der Waals surface area contributed by atoms with Crippen molar-refractivity contribution >= 4 is 6.09 Å². The lowest BCUT2D eigenvalue weighted by Crippen LogP contribution is -2.49. The number of carbonyl (C=O) groups excluding carboxylic acids is 1. The summed E-state index contributed by atoms with van der Waals surface area (Å²) in [6.45, 7) is 11.7. The first-order chi connectivity index (χ1) is 10.8. The van der Waals surface area contributed by atoms with Gasteiger partial charge in [0.15, 0.2) is 0 Å². The fourth-order valence-electron chi connectivity index (χ4n) is 3.17. The molecule has 0 aliphatic carbocycles. The zero-order chi connectivity index (χ0) is 17.5. The van der Waals surface area contributed by atoms with Gasteiger partial charge in [-0.15, -0.1) is 0 Å². The van der Waals surface area contributed by atoms with E-state index in [9.17, 15) is 4.79 Å². The Balaban J connectivity index is 2.58. The molecule has 3 unspecified atom stereocenters. The number of methoxy groups -OCH3 is 1. The van der Waals surface area contributed by atoms with Crippen molar-refractivity contribution in [2.24, 2.45) is 0 Å². The summed E-state index contributed by atoms with van der Waals surface area (Å²) in [5, 5.41) is 3.62. The SMILES string of the molecule is CCC(COC)NC(C)CC1CCCCN1C(=O)OC(C)(C)C. The monoisotopic (exact) mass is 328 g/mol. The van der Waals surface area contributed by atoms with Crippen LogP contribution in [0.25, 0.3) is 0 Å². The number of hydrogen-bond acceptors (Lipinski definition) is 4.